The standard InChI is InChI=1S/C32H30ClFN4O4S/c1-20-7-9-26(10-8-20)43(40,41)38-19-28(27-14-25(15-35-32(27)38)37-16-21(2)42-22(3)17-37)23-11-12-36(30(39)13-23)18-24-5-4-6-29(33)31(24)34/h4-15,19,21-22H,16-18H2,1-3H3/t21-,22+. The van der Waals surface area contributed by atoms with Crippen LogP contribution in [0.25, 0.3) is 22.2 Å². The van der Waals surface area contributed by atoms with Gasteiger partial charge in [0.2, 0.25) is 0 Å². The van der Waals surface area contributed by atoms with Crippen molar-refractivity contribution in [2.45, 2.75) is 44.4 Å². The second-order valence-corrected chi connectivity index (χ2v) is 13.2. The molecule has 11 heteroatoms. The first-order valence-corrected chi connectivity index (χ1v) is 15.7. The summed E-state index contributed by atoms with van der Waals surface area (Å²) in [5.74, 6) is -0.574. The van der Waals surface area contributed by atoms with Crippen molar-refractivity contribution in [3.05, 3.63) is 112 Å². The second-order valence-electron chi connectivity index (χ2n) is 11.0. The molecule has 222 valence electrons. The zero-order valence-electron chi connectivity index (χ0n) is 23.9. The Morgan fingerprint density at radius 2 is 1.77 bits per heavy atom. The van der Waals surface area contributed by atoms with E-state index in [4.69, 9.17) is 16.3 Å². The van der Waals surface area contributed by atoms with Crippen LogP contribution in [0.3, 0.4) is 0 Å². The molecule has 0 unspecified atom stereocenters. The number of hydrogen-bond acceptors (Lipinski definition) is 6. The van der Waals surface area contributed by atoms with Crippen molar-refractivity contribution >= 4 is 38.3 Å². The molecule has 0 N–H and O–H groups in total. The minimum Gasteiger partial charge on any atom is -0.372 e. The summed E-state index contributed by atoms with van der Waals surface area (Å²) in [4.78, 5) is 20.2. The number of nitrogens with zero attached hydrogens (tertiary/aromatic N) is 4. The van der Waals surface area contributed by atoms with Crippen LogP contribution in [0.5, 0.6) is 0 Å². The maximum Gasteiger partial charge on any atom is 0.269 e. The minimum atomic E-state index is -4.01. The van der Waals surface area contributed by atoms with Crippen LogP contribution in [0.4, 0.5) is 10.1 Å². The number of rotatable bonds is 6. The van der Waals surface area contributed by atoms with Gasteiger partial charge in [0.15, 0.2) is 5.65 Å². The number of ether oxygens (including phenoxy) is 1. The summed E-state index contributed by atoms with van der Waals surface area (Å²) >= 11 is 5.93. The molecule has 1 saturated heterocycles. The Labute approximate surface area is 254 Å². The quantitative estimate of drug-likeness (QED) is 0.236. The number of anilines is 1. The molecule has 0 bridgehead atoms. The molecule has 3 aromatic heterocycles. The highest BCUT2D eigenvalue weighted by Crippen LogP contribution is 2.34. The van der Waals surface area contributed by atoms with Crippen LogP contribution in [-0.2, 0) is 21.3 Å². The van der Waals surface area contributed by atoms with Gasteiger partial charge in [0.05, 0.1) is 40.6 Å². The van der Waals surface area contributed by atoms with E-state index in [0.717, 1.165) is 11.3 Å². The molecular formula is C32H30ClFN4O4S. The van der Waals surface area contributed by atoms with Crippen LogP contribution in [0, 0.1) is 12.7 Å². The molecule has 1 fully saturated rings. The van der Waals surface area contributed by atoms with E-state index in [0.29, 0.717) is 29.6 Å². The Bertz CT molecular complexity index is 2000. The SMILES string of the molecule is Cc1ccc(S(=O)(=O)n2cc(-c3ccn(Cc4cccc(Cl)c4F)c(=O)c3)c3cc(N4C[C@@H](C)O[C@@H](C)C4)cnc32)cc1. The van der Waals surface area contributed by atoms with E-state index in [2.05, 4.69) is 9.88 Å². The predicted octanol–water partition coefficient (Wildman–Crippen LogP) is 5.86. The lowest BCUT2D eigenvalue weighted by molar-refractivity contribution is -0.00522. The van der Waals surface area contributed by atoms with Gasteiger partial charge in [0, 0.05) is 48.1 Å². The molecule has 8 nitrogen and oxygen atoms in total. The van der Waals surface area contributed by atoms with E-state index in [9.17, 15) is 17.6 Å². The van der Waals surface area contributed by atoms with Gasteiger partial charge in [-0.2, -0.15) is 0 Å². The van der Waals surface area contributed by atoms with Crippen molar-refractivity contribution in [1.29, 1.82) is 0 Å². The average molecular weight is 621 g/mol. The molecule has 2 atom stereocenters. The van der Waals surface area contributed by atoms with E-state index in [-0.39, 0.29) is 45.4 Å². The molecule has 1 aliphatic rings. The van der Waals surface area contributed by atoms with Gasteiger partial charge in [-0.05, 0) is 56.7 Å². The van der Waals surface area contributed by atoms with E-state index in [1.54, 1.807) is 54.9 Å². The van der Waals surface area contributed by atoms with Crippen molar-refractivity contribution in [1.82, 2.24) is 13.5 Å². The number of halogens is 2. The molecule has 1 aliphatic heterocycles. The summed E-state index contributed by atoms with van der Waals surface area (Å²) in [7, 11) is -4.01. The van der Waals surface area contributed by atoms with E-state index in [1.165, 1.54) is 26.9 Å². The lowest BCUT2D eigenvalue weighted by Crippen LogP contribution is -2.45. The van der Waals surface area contributed by atoms with Crippen LogP contribution in [-0.4, -0.2) is 47.2 Å². The zero-order chi connectivity index (χ0) is 30.5. The first-order chi connectivity index (χ1) is 20.5. The summed E-state index contributed by atoms with van der Waals surface area (Å²) in [5, 5.41) is 0.565. The van der Waals surface area contributed by atoms with Crippen molar-refractivity contribution in [2.75, 3.05) is 18.0 Å². The van der Waals surface area contributed by atoms with Crippen molar-refractivity contribution in [3.63, 3.8) is 0 Å². The number of pyridine rings is 2. The topological polar surface area (TPSA) is 86.4 Å². The van der Waals surface area contributed by atoms with Gasteiger partial charge in [-0.3, -0.25) is 4.79 Å². The number of morpholine rings is 1. The average Bonchev–Trinajstić information content (AvgIpc) is 3.36. The number of aromatic nitrogens is 3. The van der Waals surface area contributed by atoms with Gasteiger partial charge in [0.1, 0.15) is 5.82 Å². The Morgan fingerprint density at radius 3 is 2.47 bits per heavy atom. The van der Waals surface area contributed by atoms with E-state index >= 15 is 0 Å². The predicted molar refractivity (Wildman–Crippen MR) is 166 cm³/mol. The lowest BCUT2D eigenvalue weighted by atomic mass is 10.1. The highest BCUT2D eigenvalue weighted by atomic mass is 35.5. The monoisotopic (exact) mass is 620 g/mol. The molecule has 0 saturated carbocycles. The molecule has 0 amide bonds. The first kappa shape index (κ1) is 29.1. The molecule has 0 radical (unpaired) electrons. The molecule has 43 heavy (non-hydrogen) atoms. The van der Waals surface area contributed by atoms with E-state index < -0.39 is 15.8 Å². The van der Waals surface area contributed by atoms with Crippen molar-refractivity contribution in [3.8, 4) is 11.1 Å². The van der Waals surface area contributed by atoms with Gasteiger partial charge >= 0.3 is 0 Å². The number of benzene rings is 2. The maximum absolute atomic E-state index is 14.5. The second kappa shape index (κ2) is 11.3. The normalized spacial score (nSPS) is 17.5. The summed E-state index contributed by atoms with van der Waals surface area (Å²) < 4.78 is 50.7. The van der Waals surface area contributed by atoms with Crippen molar-refractivity contribution < 1.29 is 17.5 Å². The Hall–Kier alpha value is -3.99. The molecule has 5 aromatic rings. The molecule has 6 rings (SSSR count). The van der Waals surface area contributed by atoms with Gasteiger partial charge in [0.25, 0.3) is 15.6 Å². The fraction of sp³-hybridized carbons (Fsp3) is 0.250. The smallest absolute Gasteiger partial charge is 0.269 e. The Balaban J connectivity index is 1.48. The molecule has 4 heterocycles. The third-order valence-corrected chi connectivity index (χ3v) is 9.60. The largest absolute Gasteiger partial charge is 0.372 e. The van der Waals surface area contributed by atoms with Crippen LogP contribution in [0.1, 0.15) is 25.0 Å². The summed E-state index contributed by atoms with van der Waals surface area (Å²) in [6, 6.07) is 16.3. The highest BCUT2D eigenvalue weighted by Gasteiger charge is 2.26. The first-order valence-electron chi connectivity index (χ1n) is 13.9. The Morgan fingerprint density at radius 1 is 1.05 bits per heavy atom. The van der Waals surface area contributed by atoms with Gasteiger partial charge in [-0.25, -0.2) is 21.8 Å². The number of fused-ring (bicyclic) bond motifs is 1. The highest BCUT2D eigenvalue weighted by molar-refractivity contribution is 7.90. The van der Waals surface area contributed by atoms with Crippen LogP contribution in [0.2, 0.25) is 5.02 Å². The molecule has 2 aromatic carbocycles. The summed E-state index contributed by atoms with van der Waals surface area (Å²) in [6.07, 6.45) is 4.79. The van der Waals surface area contributed by atoms with E-state index in [1.807, 2.05) is 26.8 Å². The summed E-state index contributed by atoms with van der Waals surface area (Å²) in [6.45, 7) is 7.22. The zero-order valence-corrected chi connectivity index (χ0v) is 25.4. The fourth-order valence-electron chi connectivity index (χ4n) is 5.53. The van der Waals surface area contributed by atoms with Gasteiger partial charge in [-0.1, -0.05) is 41.4 Å². The Kier molecular flexibility index (Phi) is 7.62. The fourth-order valence-corrected chi connectivity index (χ4v) is 7.05. The molecule has 0 aliphatic carbocycles. The third-order valence-electron chi connectivity index (χ3n) is 7.64. The third kappa shape index (κ3) is 5.58. The molecule has 0 spiro atoms. The molecular weight excluding hydrogens is 591 g/mol. The summed E-state index contributed by atoms with van der Waals surface area (Å²) in [5.41, 5.74) is 2.97. The number of aryl methyl sites for hydroxylation is 1. The maximum atomic E-state index is 14.5. The number of hydrogen-bond donors (Lipinski definition) is 0. The van der Waals surface area contributed by atoms with Gasteiger partial charge < -0.3 is 14.2 Å². The van der Waals surface area contributed by atoms with Gasteiger partial charge in [-0.15, -0.1) is 0 Å². The van der Waals surface area contributed by atoms with Crippen LogP contribution in [0.15, 0.2) is 88.9 Å². The van der Waals surface area contributed by atoms with Crippen LogP contribution >= 0.6 is 11.6 Å². The lowest BCUT2D eigenvalue weighted by Gasteiger charge is -2.36. The van der Waals surface area contributed by atoms with Crippen LogP contribution < -0.4 is 10.5 Å². The minimum absolute atomic E-state index is 0.00578. The van der Waals surface area contributed by atoms with Crippen molar-refractivity contribution in [2.24, 2.45) is 0 Å².